The van der Waals surface area contributed by atoms with Gasteiger partial charge in [0, 0.05) is 5.56 Å². The fourth-order valence-corrected chi connectivity index (χ4v) is 1.63. The Morgan fingerprint density at radius 1 is 1.29 bits per heavy atom. The maximum absolute atomic E-state index is 13.2. The molecule has 1 nitrogen and oxygen atoms in total. The quantitative estimate of drug-likeness (QED) is 0.620. The molecule has 94 valence electrons. The molecular weight excluding hydrogens is 213 g/mol. The van der Waals surface area contributed by atoms with Gasteiger partial charge in [-0.1, -0.05) is 40.3 Å². The van der Waals surface area contributed by atoms with Gasteiger partial charge in [0.2, 0.25) is 0 Å². The molecule has 0 amide bonds. The highest BCUT2D eigenvalue weighted by atomic mass is 19.1. The Hall–Kier alpha value is -1.44. The van der Waals surface area contributed by atoms with Crippen molar-refractivity contribution in [2.45, 2.75) is 40.5 Å². The van der Waals surface area contributed by atoms with E-state index in [-0.39, 0.29) is 0 Å². The lowest BCUT2D eigenvalue weighted by molar-refractivity contribution is 0.761. The summed E-state index contributed by atoms with van der Waals surface area (Å²) in [6.07, 6.45) is 0. The first-order chi connectivity index (χ1) is 7.97. The highest BCUT2D eigenvalue weighted by Crippen LogP contribution is 2.35. The van der Waals surface area contributed by atoms with E-state index in [0.717, 1.165) is 11.1 Å². The third-order valence-corrected chi connectivity index (χ3v) is 2.36. The van der Waals surface area contributed by atoms with Crippen LogP contribution in [0.15, 0.2) is 23.7 Å². The van der Waals surface area contributed by atoms with Crippen LogP contribution in [0.25, 0.3) is 5.83 Å². The van der Waals surface area contributed by atoms with Gasteiger partial charge in [0.15, 0.2) is 0 Å². The fourth-order valence-electron chi connectivity index (χ4n) is 1.63. The van der Waals surface area contributed by atoms with Gasteiger partial charge in [-0.3, -0.25) is 4.99 Å². The van der Waals surface area contributed by atoms with Crippen LogP contribution >= 0.6 is 0 Å². The van der Waals surface area contributed by atoms with Gasteiger partial charge in [0.05, 0.1) is 5.69 Å². The molecule has 0 spiro atoms. The van der Waals surface area contributed by atoms with Crippen LogP contribution in [0.1, 0.15) is 50.3 Å². The van der Waals surface area contributed by atoms with Crippen molar-refractivity contribution in [1.82, 2.24) is 0 Å². The topological polar surface area (TPSA) is 12.4 Å². The average Bonchev–Trinajstić information content (AvgIpc) is 2.30. The van der Waals surface area contributed by atoms with Crippen molar-refractivity contribution in [2.75, 3.05) is 0 Å². The number of rotatable bonds is 3. The SMILES string of the molecule is C=Nc1c(C(=C)F)cc(C)cc1C(C)C.CC. The van der Waals surface area contributed by atoms with E-state index < -0.39 is 5.83 Å². The van der Waals surface area contributed by atoms with E-state index in [1.54, 1.807) is 6.07 Å². The van der Waals surface area contributed by atoms with E-state index in [9.17, 15) is 4.39 Å². The molecule has 0 atom stereocenters. The second-order valence-corrected chi connectivity index (χ2v) is 3.97. The van der Waals surface area contributed by atoms with Crippen molar-refractivity contribution in [3.05, 3.63) is 35.4 Å². The molecule has 0 aliphatic rings. The van der Waals surface area contributed by atoms with Crippen molar-refractivity contribution in [3.8, 4) is 0 Å². The molecule has 0 heterocycles. The van der Waals surface area contributed by atoms with Gasteiger partial charge < -0.3 is 0 Å². The summed E-state index contributed by atoms with van der Waals surface area (Å²) in [5.41, 5.74) is 3.09. The van der Waals surface area contributed by atoms with Crippen LogP contribution < -0.4 is 0 Å². The average molecular weight is 235 g/mol. The molecule has 0 fully saturated rings. The molecule has 17 heavy (non-hydrogen) atoms. The Bertz CT molecular complexity index is 406. The van der Waals surface area contributed by atoms with Crippen LogP contribution in [0.4, 0.5) is 10.1 Å². The minimum absolute atomic E-state index is 0.295. The second-order valence-electron chi connectivity index (χ2n) is 3.97. The molecule has 2 heteroatoms. The summed E-state index contributed by atoms with van der Waals surface area (Å²) >= 11 is 0. The third kappa shape index (κ3) is 3.81. The largest absolute Gasteiger partial charge is 0.264 e. The first-order valence-electron chi connectivity index (χ1n) is 5.93. The molecule has 0 unspecified atom stereocenters. The highest BCUT2D eigenvalue weighted by Gasteiger charge is 2.13. The Morgan fingerprint density at radius 2 is 1.82 bits per heavy atom. The Morgan fingerprint density at radius 3 is 2.18 bits per heavy atom. The van der Waals surface area contributed by atoms with Gasteiger partial charge in [-0.05, 0) is 36.8 Å². The standard InChI is InChI=1S/C13H16FN.C2H6/c1-8(2)11-6-9(3)7-12(10(4)14)13(11)15-5;1-2/h6-8H,4-5H2,1-3H3;1-2H3. The summed E-state index contributed by atoms with van der Waals surface area (Å²) in [5, 5.41) is 0. The van der Waals surface area contributed by atoms with E-state index in [2.05, 4.69) is 18.3 Å². The van der Waals surface area contributed by atoms with Crippen molar-refractivity contribution in [2.24, 2.45) is 4.99 Å². The molecule has 1 aromatic carbocycles. The number of hydrogen-bond donors (Lipinski definition) is 0. The lowest BCUT2D eigenvalue weighted by atomic mass is 9.95. The fraction of sp³-hybridized carbons (Fsp3) is 0.400. The van der Waals surface area contributed by atoms with E-state index in [4.69, 9.17) is 0 Å². The lowest BCUT2D eigenvalue weighted by Gasteiger charge is -2.13. The number of hydrogen-bond acceptors (Lipinski definition) is 1. The van der Waals surface area contributed by atoms with Crippen molar-refractivity contribution < 1.29 is 4.39 Å². The van der Waals surface area contributed by atoms with Gasteiger partial charge in [0.25, 0.3) is 0 Å². The molecule has 0 saturated heterocycles. The number of aliphatic imine (C=N–C) groups is 1. The van der Waals surface area contributed by atoms with Crippen LogP contribution in [-0.4, -0.2) is 6.72 Å². The highest BCUT2D eigenvalue weighted by molar-refractivity contribution is 5.74. The van der Waals surface area contributed by atoms with E-state index in [1.165, 1.54) is 0 Å². The summed E-state index contributed by atoms with van der Waals surface area (Å²) in [6, 6.07) is 3.76. The molecule has 1 aromatic rings. The molecule has 0 radical (unpaired) electrons. The van der Waals surface area contributed by atoms with Crippen LogP contribution in [0.2, 0.25) is 0 Å². The van der Waals surface area contributed by atoms with Crippen molar-refractivity contribution in [1.29, 1.82) is 0 Å². The van der Waals surface area contributed by atoms with Crippen molar-refractivity contribution in [3.63, 3.8) is 0 Å². The summed E-state index contributed by atoms with van der Waals surface area (Å²) in [5.74, 6) is -0.161. The molecule has 1 rings (SSSR count). The monoisotopic (exact) mass is 235 g/mol. The molecule has 0 bridgehead atoms. The zero-order valence-electron chi connectivity index (χ0n) is 11.5. The molecule has 0 N–H and O–H groups in total. The van der Waals surface area contributed by atoms with Gasteiger partial charge in [-0.2, -0.15) is 0 Å². The number of aryl methyl sites for hydroxylation is 1. The van der Waals surface area contributed by atoms with Crippen LogP contribution in [0.5, 0.6) is 0 Å². The Labute approximate surface area is 104 Å². The normalized spacial score (nSPS) is 9.59. The summed E-state index contributed by atoms with van der Waals surface area (Å²) in [4.78, 5) is 3.90. The van der Waals surface area contributed by atoms with Crippen LogP contribution in [0, 0.1) is 6.92 Å². The van der Waals surface area contributed by atoms with Gasteiger partial charge >= 0.3 is 0 Å². The predicted octanol–water partition coefficient (Wildman–Crippen LogP) is 5.42. The van der Waals surface area contributed by atoms with E-state index >= 15 is 0 Å². The Balaban J connectivity index is 0.00000121. The zero-order valence-corrected chi connectivity index (χ0v) is 11.5. The lowest BCUT2D eigenvalue weighted by Crippen LogP contribution is -1.93. The maximum atomic E-state index is 13.2. The summed E-state index contributed by atoms with van der Waals surface area (Å²) in [6.45, 7) is 16.8. The first-order valence-corrected chi connectivity index (χ1v) is 5.93. The van der Waals surface area contributed by atoms with Crippen LogP contribution in [0.3, 0.4) is 0 Å². The van der Waals surface area contributed by atoms with E-state index in [1.807, 2.05) is 40.7 Å². The number of halogens is 1. The zero-order chi connectivity index (χ0) is 13.6. The van der Waals surface area contributed by atoms with Gasteiger partial charge in [-0.15, -0.1) is 0 Å². The van der Waals surface area contributed by atoms with Gasteiger partial charge in [0.1, 0.15) is 5.83 Å². The molecule has 0 aromatic heterocycles. The van der Waals surface area contributed by atoms with E-state index in [0.29, 0.717) is 17.2 Å². The third-order valence-electron chi connectivity index (χ3n) is 2.36. The molecule has 0 aliphatic heterocycles. The summed E-state index contributed by atoms with van der Waals surface area (Å²) in [7, 11) is 0. The maximum Gasteiger partial charge on any atom is 0.125 e. The molecule has 0 aliphatic carbocycles. The smallest absolute Gasteiger partial charge is 0.125 e. The van der Waals surface area contributed by atoms with Crippen molar-refractivity contribution >= 4 is 18.2 Å². The van der Waals surface area contributed by atoms with Crippen LogP contribution in [-0.2, 0) is 0 Å². The summed E-state index contributed by atoms with van der Waals surface area (Å²) < 4.78 is 13.2. The number of benzene rings is 1. The molecule has 0 saturated carbocycles. The Kier molecular flexibility index (Phi) is 6.40. The minimum Gasteiger partial charge on any atom is -0.264 e. The predicted molar refractivity (Wildman–Crippen MR) is 76.0 cm³/mol. The number of nitrogens with zero attached hydrogens (tertiary/aromatic N) is 1. The molecular formula is C15H22FN. The van der Waals surface area contributed by atoms with Gasteiger partial charge in [-0.25, -0.2) is 4.39 Å². The minimum atomic E-state index is -0.456. The first kappa shape index (κ1) is 15.6. The second kappa shape index (κ2) is 7.00.